The van der Waals surface area contributed by atoms with Gasteiger partial charge >= 0.3 is 5.97 Å². The maximum absolute atomic E-state index is 11.6. The van der Waals surface area contributed by atoms with E-state index >= 15 is 0 Å². The molecule has 92 valence electrons. The molecule has 1 fully saturated rings. The topological polar surface area (TPSA) is 38.3 Å². The summed E-state index contributed by atoms with van der Waals surface area (Å²) in [6.45, 7) is 0. The molecule has 1 aromatic carbocycles. The second-order valence-corrected chi connectivity index (χ2v) is 4.95. The average Bonchev–Trinajstić information content (AvgIpc) is 3.13. The minimum Gasteiger partial charge on any atom is -0.467 e. The van der Waals surface area contributed by atoms with Gasteiger partial charge in [-0.3, -0.25) is 0 Å². The molecule has 0 amide bonds. The first-order valence-corrected chi connectivity index (χ1v) is 6.17. The number of hydrogen-bond acceptors (Lipinski definition) is 3. The van der Waals surface area contributed by atoms with E-state index in [1.165, 1.54) is 7.11 Å². The third kappa shape index (κ3) is 3.05. The van der Waals surface area contributed by atoms with Gasteiger partial charge in [0.2, 0.25) is 0 Å². The van der Waals surface area contributed by atoms with Gasteiger partial charge in [0, 0.05) is 5.02 Å². The molecule has 2 rings (SSSR count). The number of anilines is 1. The highest BCUT2D eigenvalue weighted by atomic mass is 35.5. The monoisotopic (exact) mass is 273 g/mol. The van der Waals surface area contributed by atoms with E-state index in [1.807, 2.05) is 0 Å². The Labute approximate surface area is 110 Å². The molecular weight excluding hydrogens is 261 g/mol. The number of ether oxygens (including phenoxy) is 1. The predicted molar refractivity (Wildman–Crippen MR) is 68.6 cm³/mol. The van der Waals surface area contributed by atoms with Gasteiger partial charge in [-0.1, -0.05) is 23.2 Å². The molecule has 1 atom stereocenters. The Hall–Kier alpha value is -0.930. The van der Waals surface area contributed by atoms with Crippen LogP contribution in [0, 0.1) is 5.92 Å². The molecule has 1 N–H and O–H groups in total. The van der Waals surface area contributed by atoms with Crippen molar-refractivity contribution < 1.29 is 9.53 Å². The van der Waals surface area contributed by atoms with Crippen LogP contribution in [0.5, 0.6) is 0 Å². The van der Waals surface area contributed by atoms with Crippen molar-refractivity contribution in [2.75, 3.05) is 12.4 Å². The number of methoxy groups -OCH3 is 1. The fourth-order valence-electron chi connectivity index (χ4n) is 1.70. The molecule has 0 bridgehead atoms. The number of carbonyl (C=O) groups is 1. The maximum Gasteiger partial charge on any atom is 0.328 e. The Morgan fingerprint density at radius 3 is 2.76 bits per heavy atom. The third-order valence-electron chi connectivity index (χ3n) is 2.79. The van der Waals surface area contributed by atoms with Crippen molar-refractivity contribution in [1.82, 2.24) is 0 Å². The average molecular weight is 274 g/mol. The zero-order chi connectivity index (χ0) is 12.4. The van der Waals surface area contributed by atoms with Gasteiger partial charge in [-0.25, -0.2) is 4.79 Å². The molecule has 1 saturated carbocycles. The summed E-state index contributed by atoms with van der Waals surface area (Å²) < 4.78 is 4.78. The second-order valence-electron chi connectivity index (χ2n) is 4.11. The molecule has 0 heterocycles. The van der Waals surface area contributed by atoms with Crippen LogP contribution in [0.15, 0.2) is 18.2 Å². The van der Waals surface area contributed by atoms with Crippen LogP contribution in [0.2, 0.25) is 10.0 Å². The van der Waals surface area contributed by atoms with Crippen LogP contribution in [-0.4, -0.2) is 19.1 Å². The number of esters is 1. The van der Waals surface area contributed by atoms with Gasteiger partial charge in [0.15, 0.2) is 0 Å². The Bertz CT molecular complexity index is 433. The minimum absolute atomic E-state index is 0.261. The molecular formula is C12H13Cl2NO2. The van der Waals surface area contributed by atoms with Gasteiger partial charge < -0.3 is 10.1 Å². The molecule has 5 heteroatoms. The molecule has 1 aliphatic carbocycles. The van der Waals surface area contributed by atoms with Crippen LogP contribution in [0.3, 0.4) is 0 Å². The lowest BCUT2D eigenvalue weighted by Gasteiger charge is -2.18. The van der Waals surface area contributed by atoms with Crippen molar-refractivity contribution in [1.29, 1.82) is 0 Å². The lowest BCUT2D eigenvalue weighted by atomic mass is 10.1. The highest BCUT2D eigenvalue weighted by molar-refractivity contribution is 6.35. The Morgan fingerprint density at radius 1 is 1.47 bits per heavy atom. The van der Waals surface area contributed by atoms with Crippen molar-refractivity contribution in [3.63, 3.8) is 0 Å². The minimum atomic E-state index is -0.337. The predicted octanol–water partition coefficient (Wildman–Crippen LogP) is 3.36. The fourth-order valence-corrected chi connectivity index (χ4v) is 2.05. The summed E-state index contributed by atoms with van der Waals surface area (Å²) in [5.41, 5.74) is 0.668. The van der Waals surface area contributed by atoms with Crippen molar-refractivity contribution in [3.05, 3.63) is 28.2 Å². The van der Waals surface area contributed by atoms with Crippen molar-refractivity contribution in [2.45, 2.75) is 18.9 Å². The van der Waals surface area contributed by atoms with Crippen LogP contribution in [-0.2, 0) is 9.53 Å². The van der Waals surface area contributed by atoms with Crippen LogP contribution >= 0.6 is 23.2 Å². The van der Waals surface area contributed by atoms with Gasteiger partial charge in [0.25, 0.3) is 0 Å². The zero-order valence-corrected chi connectivity index (χ0v) is 10.9. The molecule has 0 aliphatic heterocycles. The van der Waals surface area contributed by atoms with Gasteiger partial charge in [-0.05, 0) is 37.0 Å². The molecule has 1 unspecified atom stereocenters. The number of hydrogen-bond donors (Lipinski definition) is 1. The molecule has 1 aromatic rings. The van der Waals surface area contributed by atoms with Crippen LogP contribution in [0.25, 0.3) is 0 Å². The SMILES string of the molecule is COC(=O)C(Nc1cc(Cl)ccc1Cl)C1CC1. The summed E-state index contributed by atoms with van der Waals surface area (Å²) in [5, 5.41) is 4.24. The first kappa shape index (κ1) is 12.5. The highest BCUT2D eigenvalue weighted by Crippen LogP contribution is 2.36. The maximum atomic E-state index is 11.6. The van der Waals surface area contributed by atoms with Crippen LogP contribution < -0.4 is 5.32 Å². The number of rotatable bonds is 4. The third-order valence-corrected chi connectivity index (χ3v) is 3.35. The molecule has 0 spiro atoms. The summed E-state index contributed by atoms with van der Waals surface area (Å²) in [6, 6.07) is 4.78. The Kier molecular flexibility index (Phi) is 3.79. The van der Waals surface area contributed by atoms with E-state index in [0.29, 0.717) is 21.7 Å². The van der Waals surface area contributed by atoms with Crippen molar-refractivity contribution in [2.24, 2.45) is 5.92 Å². The first-order valence-electron chi connectivity index (χ1n) is 5.41. The number of benzene rings is 1. The molecule has 3 nitrogen and oxygen atoms in total. The quantitative estimate of drug-likeness (QED) is 0.855. The Balaban J connectivity index is 2.16. The standard InChI is InChI=1S/C12H13Cl2NO2/c1-17-12(16)11(7-2-3-7)15-10-6-8(13)4-5-9(10)14/h4-7,11,15H,2-3H2,1H3. The van der Waals surface area contributed by atoms with E-state index in [9.17, 15) is 4.79 Å². The van der Waals surface area contributed by atoms with Crippen LogP contribution in [0.4, 0.5) is 5.69 Å². The van der Waals surface area contributed by atoms with Crippen molar-refractivity contribution >= 4 is 34.9 Å². The fraction of sp³-hybridized carbons (Fsp3) is 0.417. The van der Waals surface area contributed by atoms with E-state index in [0.717, 1.165) is 12.8 Å². The van der Waals surface area contributed by atoms with E-state index in [4.69, 9.17) is 27.9 Å². The summed E-state index contributed by atoms with van der Waals surface area (Å²) in [6.07, 6.45) is 2.07. The van der Waals surface area contributed by atoms with E-state index in [-0.39, 0.29) is 12.0 Å². The summed E-state index contributed by atoms with van der Waals surface area (Å²) in [4.78, 5) is 11.6. The van der Waals surface area contributed by atoms with E-state index < -0.39 is 0 Å². The van der Waals surface area contributed by atoms with Crippen molar-refractivity contribution in [3.8, 4) is 0 Å². The summed E-state index contributed by atoms with van der Waals surface area (Å²) in [7, 11) is 1.39. The first-order chi connectivity index (χ1) is 8.11. The van der Waals surface area contributed by atoms with E-state index in [2.05, 4.69) is 5.32 Å². The zero-order valence-electron chi connectivity index (χ0n) is 9.37. The van der Waals surface area contributed by atoms with Crippen LogP contribution in [0.1, 0.15) is 12.8 Å². The molecule has 17 heavy (non-hydrogen) atoms. The van der Waals surface area contributed by atoms with Gasteiger partial charge in [-0.2, -0.15) is 0 Å². The largest absolute Gasteiger partial charge is 0.467 e. The number of carbonyl (C=O) groups excluding carboxylic acids is 1. The molecule has 1 aliphatic rings. The summed E-state index contributed by atoms with van der Waals surface area (Å²) >= 11 is 11.9. The number of nitrogens with one attached hydrogen (secondary N) is 1. The molecule has 0 radical (unpaired) electrons. The van der Waals surface area contributed by atoms with Gasteiger partial charge in [0.05, 0.1) is 17.8 Å². The Morgan fingerprint density at radius 2 is 2.18 bits per heavy atom. The normalized spacial score (nSPS) is 16.4. The highest BCUT2D eigenvalue weighted by Gasteiger charge is 2.37. The summed E-state index contributed by atoms with van der Waals surface area (Å²) in [5.74, 6) is 0.0704. The lowest BCUT2D eigenvalue weighted by Crippen LogP contribution is -2.32. The van der Waals surface area contributed by atoms with Gasteiger partial charge in [-0.15, -0.1) is 0 Å². The smallest absolute Gasteiger partial charge is 0.328 e. The second kappa shape index (κ2) is 5.15. The molecule has 0 aromatic heterocycles. The number of halogens is 2. The molecule has 0 saturated heterocycles. The lowest BCUT2D eigenvalue weighted by molar-refractivity contribution is -0.142. The van der Waals surface area contributed by atoms with Gasteiger partial charge in [0.1, 0.15) is 6.04 Å². The van der Waals surface area contributed by atoms with E-state index in [1.54, 1.807) is 18.2 Å².